The molecule has 0 aromatic heterocycles. The van der Waals surface area contributed by atoms with Gasteiger partial charge in [0.2, 0.25) is 0 Å². The van der Waals surface area contributed by atoms with Gasteiger partial charge in [-0.05, 0) is 37.5 Å². The fourth-order valence-electron chi connectivity index (χ4n) is 1.52. The van der Waals surface area contributed by atoms with Gasteiger partial charge in [-0.25, -0.2) is 0 Å². The molecule has 1 aromatic carbocycles. The number of benzene rings is 1. The second-order valence-corrected chi connectivity index (χ2v) is 3.87. The van der Waals surface area contributed by atoms with Crippen LogP contribution in [0.15, 0.2) is 24.3 Å². The highest BCUT2D eigenvalue weighted by molar-refractivity contribution is 5.75. The Hall–Kier alpha value is -1.31. The third kappa shape index (κ3) is 1.95. The minimum atomic E-state index is -0.0677. The molecule has 2 heteroatoms. The van der Waals surface area contributed by atoms with E-state index in [2.05, 4.69) is 0 Å². The smallest absolute Gasteiger partial charge is 0.314 e. The van der Waals surface area contributed by atoms with Gasteiger partial charge < -0.3 is 4.74 Å². The highest BCUT2D eigenvalue weighted by Gasteiger charge is 2.26. The van der Waals surface area contributed by atoms with Crippen LogP contribution in [0.25, 0.3) is 0 Å². The van der Waals surface area contributed by atoms with Gasteiger partial charge in [-0.3, -0.25) is 4.79 Å². The summed E-state index contributed by atoms with van der Waals surface area (Å²) < 4.78 is 5.26. The molecule has 0 atom stereocenters. The van der Waals surface area contributed by atoms with Crippen molar-refractivity contribution in [2.45, 2.75) is 26.2 Å². The molecule has 0 N–H and O–H groups in total. The van der Waals surface area contributed by atoms with E-state index in [1.54, 1.807) is 0 Å². The highest BCUT2D eigenvalue weighted by atomic mass is 16.5. The molecule has 2 nitrogen and oxygen atoms in total. The summed E-state index contributed by atoms with van der Waals surface area (Å²) in [6.07, 6.45) is 3.14. The maximum atomic E-state index is 11.5. The Bertz CT molecular complexity index is 340. The molecule has 1 aliphatic rings. The molecule has 0 aliphatic heterocycles. The standard InChI is InChI=1S/C12H14O2/c1-9-4-2-7-11(8-9)14-12(13)10-5-3-6-10/h2,4,7-8,10H,3,5-6H2,1H3. The lowest BCUT2D eigenvalue weighted by molar-refractivity contribution is -0.141. The maximum absolute atomic E-state index is 11.5. The normalized spacial score (nSPS) is 16.1. The lowest BCUT2D eigenvalue weighted by Gasteiger charge is -2.22. The molecule has 0 heterocycles. The van der Waals surface area contributed by atoms with Crippen LogP contribution in [0, 0.1) is 12.8 Å². The molecule has 0 radical (unpaired) electrons. The predicted molar refractivity (Wildman–Crippen MR) is 54.2 cm³/mol. The summed E-state index contributed by atoms with van der Waals surface area (Å²) in [5.74, 6) is 0.749. The first kappa shape index (κ1) is 9.25. The minimum Gasteiger partial charge on any atom is -0.426 e. The lowest BCUT2D eigenvalue weighted by Crippen LogP contribution is -2.26. The van der Waals surface area contributed by atoms with Crippen LogP contribution in [0.5, 0.6) is 5.75 Å². The Morgan fingerprint density at radius 2 is 2.21 bits per heavy atom. The first-order chi connectivity index (χ1) is 6.75. The van der Waals surface area contributed by atoms with Crippen molar-refractivity contribution in [3.05, 3.63) is 29.8 Å². The fraction of sp³-hybridized carbons (Fsp3) is 0.417. The van der Waals surface area contributed by atoms with Crippen LogP contribution in [-0.2, 0) is 4.79 Å². The zero-order valence-electron chi connectivity index (χ0n) is 8.32. The molecule has 0 unspecified atom stereocenters. The molecule has 0 bridgehead atoms. The van der Waals surface area contributed by atoms with Crippen LogP contribution in [-0.4, -0.2) is 5.97 Å². The first-order valence-electron chi connectivity index (χ1n) is 5.04. The fourth-order valence-corrected chi connectivity index (χ4v) is 1.52. The zero-order valence-corrected chi connectivity index (χ0v) is 8.32. The SMILES string of the molecule is Cc1cccc(OC(=O)C2CCC2)c1. The van der Waals surface area contributed by atoms with Gasteiger partial charge in [0.05, 0.1) is 5.92 Å². The molecule has 2 rings (SSSR count). The molecule has 0 amide bonds. The van der Waals surface area contributed by atoms with Gasteiger partial charge in [-0.15, -0.1) is 0 Å². The van der Waals surface area contributed by atoms with Gasteiger partial charge >= 0.3 is 5.97 Å². The summed E-state index contributed by atoms with van der Waals surface area (Å²) in [6, 6.07) is 7.60. The highest BCUT2D eigenvalue weighted by Crippen LogP contribution is 2.28. The molecule has 1 aromatic rings. The van der Waals surface area contributed by atoms with Gasteiger partial charge in [0, 0.05) is 0 Å². The Balaban J connectivity index is 1.99. The average molecular weight is 190 g/mol. The van der Waals surface area contributed by atoms with Crippen molar-refractivity contribution < 1.29 is 9.53 Å². The second-order valence-electron chi connectivity index (χ2n) is 3.87. The Kier molecular flexibility index (Phi) is 2.53. The van der Waals surface area contributed by atoms with E-state index in [1.165, 1.54) is 0 Å². The number of rotatable bonds is 2. The minimum absolute atomic E-state index is 0.0677. The number of hydrogen-bond donors (Lipinski definition) is 0. The van der Waals surface area contributed by atoms with E-state index >= 15 is 0 Å². The third-order valence-electron chi connectivity index (χ3n) is 2.65. The maximum Gasteiger partial charge on any atom is 0.314 e. The Morgan fingerprint density at radius 1 is 1.43 bits per heavy atom. The molecule has 0 saturated heterocycles. The van der Waals surface area contributed by atoms with Crippen LogP contribution in [0.2, 0.25) is 0 Å². The Morgan fingerprint density at radius 3 is 2.79 bits per heavy atom. The molecule has 1 aliphatic carbocycles. The number of aryl methyl sites for hydroxylation is 1. The monoisotopic (exact) mass is 190 g/mol. The van der Waals surface area contributed by atoms with Crippen molar-refractivity contribution in [3.8, 4) is 5.75 Å². The molecule has 1 fully saturated rings. The number of hydrogen-bond acceptors (Lipinski definition) is 2. The van der Waals surface area contributed by atoms with Crippen molar-refractivity contribution in [2.24, 2.45) is 5.92 Å². The van der Waals surface area contributed by atoms with E-state index in [4.69, 9.17) is 4.74 Å². The molecule has 0 spiro atoms. The van der Waals surface area contributed by atoms with Gasteiger partial charge in [0.25, 0.3) is 0 Å². The summed E-state index contributed by atoms with van der Waals surface area (Å²) in [5.41, 5.74) is 1.11. The van der Waals surface area contributed by atoms with Crippen LogP contribution in [0.3, 0.4) is 0 Å². The quantitative estimate of drug-likeness (QED) is 0.529. The summed E-state index contributed by atoms with van der Waals surface area (Å²) in [7, 11) is 0. The largest absolute Gasteiger partial charge is 0.426 e. The topological polar surface area (TPSA) is 26.3 Å². The van der Waals surface area contributed by atoms with E-state index in [1.807, 2.05) is 31.2 Å². The second kappa shape index (κ2) is 3.82. The van der Waals surface area contributed by atoms with Crippen LogP contribution in [0.4, 0.5) is 0 Å². The van der Waals surface area contributed by atoms with E-state index < -0.39 is 0 Å². The van der Waals surface area contributed by atoms with Gasteiger partial charge in [-0.2, -0.15) is 0 Å². The summed E-state index contributed by atoms with van der Waals surface area (Å²) in [6.45, 7) is 1.99. The summed E-state index contributed by atoms with van der Waals surface area (Å²) >= 11 is 0. The zero-order chi connectivity index (χ0) is 9.97. The lowest BCUT2D eigenvalue weighted by atomic mass is 9.86. The summed E-state index contributed by atoms with van der Waals surface area (Å²) in [5, 5.41) is 0. The van der Waals surface area contributed by atoms with Crippen LogP contribution in [0.1, 0.15) is 24.8 Å². The number of carbonyl (C=O) groups is 1. The number of ether oxygens (including phenoxy) is 1. The van der Waals surface area contributed by atoms with Crippen molar-refractivity contribution >= 4 is 5.97 Å². The van der Waals surface area contributed by atoms with Crippen molar-refractivity contribution in [3.63, 3.8) is 0 Å². The molecule has 1 saturated carbocycles. The van der Waals surface area contributed by atoms with E-state index in [0.717, 1.165) is 24.8 Å². The van der Waals surface area contributed by atoms with Crippen molar-refractivity contribution in [1.82, 2.24) is 0 Å². The third-order valence-corrected chi connectivity index (χ3v) is 2.65. The van der Waals surface area contributed by atoms with Crippen molar-refractivity contribution in [1.29, 1.82) is 0 Å². The summed E-state index contributed by atoms with van der Waals surface area (Å²) in [4.78, 5) is 11.5. The first-order valence-corrected chi connectivity index (χ1v) is 5.04. The molecular formula is C12H14O2. The van der Waals surface area contributed by atoms with Crippen LogP contribution >= 0.6 is 0 Å². The van der Waals surface area contributed by atoms with Crippen LogP contribution < -0.4 is 4.74 Å². The van der Waals surface area contributed by atoms with Gasteiger partial charge in [0.1, 0.15) is 5.75 Å². The van der Waals surface area contributed by atoms with Gasteiger partial charge in [0.15, 0.2) is 0 Å². The van der Waals surface area contributed by atoms with E-state index in [0.29, 0.717) is 5.75 Å². The number of carbonyl (C=O) groups excluding carboxylic acids is 1. The molecular weight excluding hydrogens is 176 g/mol. The Labute approximate surface area is 83.9 Å². The van der Waals surface area contributed by atoms with E-state index in [-0.39, 0.29) is 11.9 Å². The average Bonchev–Trinajstić information content (AvgIpc) is 1.99. The van der Waals surface area contributed by atoms with Gasteiger partial charge in [-0.1, -0.05) is 18.6 Å². The number of esters is 1. The predicted octanol–water partition coefficient (Wildman–Crippen LogP) is 2.70. The molecule has 14 heavy (non-hydrogen) atoms. The van der Waals surface area contributed by atoms with E-state index in [9.17, 15) is 4.79 Å². The van der Waals surface area contributed by atoms with Crippen molar-refractivity contribution in [2.75, 3.05) is 0 Å². The molecule has 74 valence electrons.